The van der Waals surface area contributed by atoms with Gasteiger partial charge in [-0.15, -0.1) is 0 Å². The molecule has 10 heteroatoms. The summed E-state index contributed by atoms with van der Waals surface area (Å²) in [6, 6.07) is 11.8. The summed E-state index contributed by atoms with van der Waals surface area (Å²) in [7, 11) is -3.77. The van der Waals surface area contributed by atoms with E-state index < -0.39 is 21.8 Å². The molecule has 4 rings (SSSR count). The Hall–Kier alpha value is -3.40. The maximum atomic E-state index is 13.3. The maximum Gasteiger partial charge on any atom is 0.313 e. The molecule has 0 atom stereocenters. The molecule has 1 saturated heterocycles. The van der Waals surface area contributed by atoms with E-state index in [1.807, 2.05) is 6.92 Å². The number of hydrogen-bond acceptors (Lipinski definition) is 5. The fourth-order valence-corrected chi connectivity index (χ4v) is 5.79. The summed E-state index contributed by atoms with van der Waals surface area (Å²) in [5.41, 5.74) is 2.69. The second kappa shape index (κ2) is 9.46. The van der Waals surface area contributed by atoms with Gasteiger partial charge in [0.2, 0.25) is 5.91 Å². The zero-order valence-electron chi connectivity index (χ0n) is 19.3. The summed E-state index contributed by atoms with van der Waals surface area (Å²) in [5, 5.41) is 2.61. The minimum Gasteiger partial charge on any atom is -0.339 e. The molecule has 2 aromatic rings. The molecule has 9 nitrogen and oxygen atoms in total. The van der Waals surface area contributed by atoms with E-state index in [0.29, 0.717) is 50.5 Å². The van der Waals surface area contributed by atoms with Gasteiger partial charge in [-0.25, -0.2) is 8.42 Å². The van der Waals surface area contributed by atoms with Gasteiger partial charge in [0.05, 0.1) is 10.6 Å². The number of amides is 3. The van der Waals surface area contributed by atoms with Crippen molar-refractivity contribution in [1.29, 1.82) is 0 Å². The van der Waals surface area contributed by atoms with Crippen molar-refractivity contribution in [1.82, 2.24) is 9.80 Å². The first-order chi connectivity index (χ1) is 16.2. The fraction of sp³-hybridized carbons (Fsp3) is 0.375. The highest BCUT2D eigenvalue weighted by molar-refractivity contribution is 7.92. The summed E-state index contributed by atoms with van der Waals surface area (Å²) in [6.45, 7) is 5.06. The molecule has 2 aliphatic heterocycles. The van der Waals surface area contributed by atoms with E-state index in [1.54, 1.807) is 47.4 Å². The SMILES string of the molecule is CC(=O)N1CCN(C(=O)C(=O)Nc2ccc3c(c2)N(S(=O)(=O)c2ccc(C)cc2)CCC3)CC1. The van der Waals surface area contributed by atoms with Crippen LogP contribution >= 0.6 is 0 Å². The van der Waals surface area contributed by atoms with Gasteiger partial charge in [0, 0.05) is 45.3 Å². The first kappa shape index (κ1) is 23.7. The van der Waals surface area contributed by atoms with Gasteiger partial charge in [-0.2, -0.15) is 0 Å². The number of aryl methyl sites for hydroxylation is 2. The topological polar surface area (TPSA) is 107 Å². The largest absolute Gasteiger partial charge is 0.339 e. The molecule has 0 saturated carbocycles. The van der Waals surface area contributed by atoms with Crippen molar-refractivity contribution in [2.45, 2.75) is 31.6 Å². The van der Waals surface area contributed by atoms with E-state index in [2.05, 4.69) is 5.32 Å². The molecule has 0 aliphatic carbocycles. The molecular weight excluding hydrogens is 456 g/mol. The van der Waals surface area contributed by atoms with E-state index in [0.717, 1.165) is 17.5 Å². The Bertz CT molecular complexity index is 1220. The van der Waals surface area contributed by atoms with E-state index in [1.165, 1.54) is 16.1 Å². The highest BCUT2D eigenvalue weighted by Crippen LogP contribution is 2.34. The molecule has 0 radical (unpaired) electrons. The first-order valence-corrected chi connectivity index (χ1v) is 12.7. The summed E-state index contributed by atoms with van der Waals surface area (Å²) in [6.07, 6.45) is 1.41. The van der Waals surface area contributed by atoms with Gasteiger partial charge in [0.15, 0.2) is 0 Å². The second-order valence-corrected chi connectivity index (χ2v) is 10.5. The number of nitrogens with one attached hydrogen (secondary N) is 1. The predicted octanol–water partition coefficient (Wildman–Crippen LogP) is 1.77. The maximum absolute atomic E-state index is 13.3. The van der Waals surface area contributed by atoms with Crippen molar-refractivity contribution >= 4 is 39.1 Å². The molecule has 2 aromatic carbocycles. The van der Waals surface area contributed by atoms with Gasteiger partial charge >= 0.3 is 11.8 Å². The van der Waals surface area contributed by atoms with Gasteiger partial charge in [0.25, 0.3) is 10.0 Å². The van der Waals surface area contributed by atoms with Crippen molar-refractivity contribution in [3.8, 4) is 0 Å². The molecule has 0 unspecified atom stereocenters. The third-order valence-corrected chi connectivity index (χ3v) is 8.06. The van der Waals surface area contributed by atoms with Gasteiger partial charge in [-0.05, 0) is 49.6 Å². The number of carbonyl (C=O) groups excluding carboxylic acids is 3. The van der Waals surface area contributed by atoms with Crippen molar-refractivity contribution < 1.29 is 22.8 Å². The number of anilines is 2. The number of rotatable bonds is 3. The number of piperazine rings is 1. The third-order valence-electron chi connectivity index (χ3n) is 6.23. The molecule has 1 fully saturated rings. The van der Waals surface area contributed by atoms with Crippen LogP contribution in [0.1, 0.15) is 24.5 Å². The lowest BCUT2D eigenvalue weighted by Crippen LogP contribution is -2.52. The van der Waals surface area contributed by atoms with Gasteiger partial charge in [-0.1, -0.05) is 23.8 Å². The van der Waals surface area contributed by atoms with Crippen LogP contribution in [-0.2, 0) is 30.8 Å². The van der Waals surface area contributed by atoms with Crippen LogP contribution in [0.3, 0.4) is 0 Å². The fourth-order valence-electron chi connectivity index (χ4n) is 4.26. The zero-order chi connectivity index (χ0) is 24.5. The average molecular weight is 485 g/mol. The average Bonchev–Trinajstić information content (AvgIpc) is 2.83. The van der Waals surface area contributed by atoms with Gasteiger partial charge in [0.1, 0.15) is 0 Å². The van der Waals surface area contributed by atoms with Crippen LogP contribution in [-0.4, -0.2) is 68.7 Å². The van der Waals surface area contributed by atoms with Crippen LogP contribution in [0.25, 0.3) is 0 Å². The van der Waals surface area contributed by atoms with Crippen LogP contribution < -0.4 is 9.62 Å². The van der Waals surface area contributed by atoms with Gasteiger partial charge in [-0.3, -0.25) is 18.7 Å². The standard InChI is InChI=1S/C24H28N4O5S/c1-17-5-9-21(10-6-17)34(32,33)28-11-3-4-19-7-8-20(16-22(19)28)25-23(30)24(31)27-14-12-26(13-15-27)18(2)29/h5-10,16H,3-4,11-15H2,1-2H3,(H,25,30). The monoisotopic (exact) mass is 484 g/mol. The van der Waals surface area contributed by atoms with Crippen molar-refractivity contribution in [2.24, 2.45) is 0 Å². The number of hydrogen-bond donors (Lipinski definition) is 1. The van der Waals surface area contributed by atoms with E-state index >= 15 is 0 Å². The number of benzene rings is 2. The van der Waals surface area contributed by atoms with Crippen LogP contribution in [0.4, 0.5) is 11.4 Å². The molecule has 0 spiro atoms. The Morgan fingerprint density at radius 2 is 1.53 bits per heavy atom. The molecule has 0 aromatic heterocycles. The Morgan fingerprint density at radius 1 is 0.882 bits per heavy atom. The normalized spacial score (nSPS) is 16.1. The summed E-state index contributed by atoms with van der Waals surface area (Å²) in [4.78, 5) is 39.9. The lowest BCUT2D eigenvalue weighted by Gasteiger charge is -2.33. The van der Waals surface area contributed by atoms with Crippen LogP contribution in [0.15, 0.2) is 47.4 Å². The van der Waals surface area contributed by atoms with Crippen LogP contribution in [0.5, 0.6) is 0 Å². The molecule has 2 heterocycles. The predicted molar refractivity (Wildman–Crippen MR) is 128 cm³/mol. The van der Waals surface area contributed by atoms with E-state index in [4.69, 9.17) is 0 Å². The lowest BCUT2D eigenvalue weighted by molar-refractivity contribution is -0.145. The minimum absolute atomic E-state index is 0.0595. The Labute approximate surface area is 199 Å². The molecular formula is C24H28N4O5S. The zero-order valence-corrected chi connectivity index (χ0v) is 20.1. The summed E-state index contributed by atoms with van der Waals surface area (Å²) >= 11 is 0. The Kier molecular flexibility index (Phi) is 6.60. The first-order valence-electron chi connectivity index (χ1n) is 11.2. The van der Waals surface area contributed by atoms with Crippen LogP contribution in [0, 0.1) is 6.92 Å². The lowest BCUT2D eigenvalue weighted by atomic mass is 10.0. The summed E-state index contributed by atoms with van der Waals surface area (Å²) < 4.78 is 28.0. The second-order valence-electron chi connectivity index (χ2n) is 8.59. The molecule has 0 bridgehead atoms. The smallest absolute Gasteiger partial charge is 0.313 e. The van der Waals surface area contributed by atoms with Gasteiger partial charge < -0.3 is 15.1 Å². The highest BCUT2D eigenvalue weighted by atomic mass is 32.2. The molecule has 2 aliphatic rings. The number of nitrogens with zero attached hydrogens (tertiary/aromatic N) is 3. The quantitative estimate of drug-likeness (QED) is 0.668. The highest BCUT2D eigenvalue weighted by Gasteiger charge is 2.30. The third kappa shape index (κ3) is 4.77. The Morgan fingerprint density at radius 3 is 2.18 bits per heavy atom. The molecule has 1 N–H and O–H groups in total. The number of carbonyl (C=O) groups is 3. The summed E-state index contributed by atoms with van der Waals surface area (Å²) in [5.74, 6) is -1.53. The molecule has 180 valence electrons. The number of sulfonamides is 1. The van der Waals surface area contributed by atoms with Crippen molar-refractivity contribution in [3.05, 3.63) is 53.6 Å². The molecule has 3 amide bonds. The van der Waals surface area contributed by atoms with E-state index in [9.17, 15) is 22.8 Å². The van der Waals surface area contributed by atoms with Crippen molar-refractivity contribution in [2.75, 3.05) is 42.3 Å². The van der Waals surface area contributed by atoms with E-state index in [-0.39, 0.29) is 10.8 Å². The molecule has 34 heavy (non-hydrogen) atoms. The minimum atomic E-state index is -3.77. The van der Waals surface area contributed by atoms with Crippen molar-refractivity contribution in [3.63, 3.8) is 0 Å². The van der Waals surface area contributed by atoms with Crippen LogP contribution in [0.2, 0.25) is 0 Å². The number of fused-ring (bicyclic) bond motifs is 1. The Balaban J connectivity index is 1.51.